The summed E-state index contributed by atoms with van der Waals surface area (Å²) in [5, 5.41) is 5.48. The lowest BCUT2D eigenvalue weighted by atomic mass is 10.0. The van der Waals surface area contributed by atoms with E-state index in [2.05, 4.69) is 40.9 Å². The summed E-state index contributed by atoms with van der Waals surface area (Å²) in [4.78, 5) is 70.0. The number of amides is 5. The number of nitrogens with one attached hydrogen (secondary N) is 3. The van der Waals surface area contributed by atoms with Crippen molar-refractivity contribution in [2.24, 2.45) is 0 Å². The monoisotopic (exact) mass is 595 g/mol. The Morgan fingerprint density at radius 2 is 1.63 bits per heavy atom. The van der Waals surface area contributed by atoms with Gasteiger partial charge in [0.05, 0.1) is 16.4 Å². The van der Waals surface area contributed by atoms with Gasteiger partial charge in [-0.15, -0.1) is 0 Å². The average molecular weight is 596 g/mol. The Kier molecular flexibility index (Phi) is 9.77. The molecule has 2 aromatic carbocycles. The van der Waals surface area contributed by atoms with E-state index in [1.54, 1.807) is 24.3 Å². The molecule has 3 atom stereocenters. The lowest BCUT2D eigenvalue weighted by Crippen LogP contribution is -2.56. The van der Waals surface area contributed by atoms with Crippen molar-refractivity contribution < 1.29 is 24.0 Å². The Labute approximate surface area is 249 Å². The van der Waals surface area contributed by atoms with Gasteiger partial charge in [0.15, 0.2) is 0 Å². The zero-order chi connectivity index (χ0) is 29.7. The van der Waals surface area contributed by atoms with Gasteiger partial charge in [0.25, 0.3) is 11.8 Å². The molecule has 3 aromatic rings. The molecular formula is C29H33N5O5S2. The second-order valence-corrected chi connectivity index (χ2v) is 10.8. The summed E-state index contributed by atoms with van der Waals surface area (Å²) in [5.41, 5.74) is 2.55. The summed E-state index contributed by atoms with van der Waals surface area (Å²) in [6.07, 6.45) is 2.72. The SMILES string of the molecule is CNC(=O)[C@H](Cc1c[nH]c2ccccc12)N(C)C(=O)[C@@H](CS)NC(=O)[C@@H](S)CCCN1C(=O)c2ccccc2C1=O. The van der Waals surface area contributed by atoms with E-state index in [1.165, 1.54) is 23.9 Å². The summed E-state index contributed by atoms with van der Waals surface area (Å²) in [6, 6.07) is 12.5. The maximum Gasteiger partial charge on any atom is 0.261 e. The number of H-pyrrole nitrogens is 1. The minimum absolute atomic E-state index is 0.0119. The first-order valence-electron chi connectivity index (χ1n) is 13.3. The van der Waals surface area contributed by atoms with E-state index >= 15 is 0 Å². The van der Waals surface area contributed by atoms with Crippen LogP contribution in [0.25, 0.3) is 10.9 Å². The molecule has 0 bridgehead atoms. The molecule has 2 heterocycles. The number of hydrogen-bond acceptors (Lipinski definition) is 7. The average Bonchev–Trinajstić information content (AvgIpc) is 3.51. The number of para-hydroxylation sites is 1. The molecule has 41 heavy (non-hydrogen) atoms. The van der Waals surface area contributed by atoms with Crippen LogP contribution in [-0.2, 0) is 20.8 Å². The summed E-state index contributed by atoms with van der Waals surface area (Å²) in [7, 11) is 3.04. The fourth-order valence-corrected chi connectivity index (χ4v) is 5.45. The molecule has 0 saturated heterocycles. The van der Waals surface area contributed by atoms with Crippen LogP contribution in [0.15, 0.2) is 54.7 Å². The summed E-state index contributed by atoms with van der Waals surface area (Å²) >= 11 is 8.67. The first kappa shape index (κ1) is 30.2. The fraction of sp³-hybridized carbons (Fsp3) is 0.345. The molecule has 1 aromatic heterocycles. The van der Waals surface area contributed by atoms with Crippen LogP contribution >= 0.6 is 25.3 Å². The van der Waals surface area contributed by atoms with Gasteiger partial charge in [-0.05, 0) is 36.6 Å². The second kappa shape index (κ2) is 13.3. The third-order valence-corrected chi connectivity index (χ3v) is 8.15. The fourth-order valence-electron chi connectivity index (χ4n) is 4.95. The molecule has 10 nitrogen and oxygen atoms in total. The Morgan fingerprint density at radius 3 is 2.27 bits per heavy atom. The molecule has 216 valence electrons. The predicted molar refractivity (Wildman–Crippen MR) is 162 cm³/mol. The molecule has 4 rings (SSSR count). The number of carbonyl (C=O) groups is 5. The van der Waals surface area contributed by atoms with Crippen LogP contribution in [-0.4, -0.2) is 88.0 Å². The quantitative estimate of drug-likeness (QED) is 0.162. The maximum absolute atomic E-state index is 13.4. The van der Waals surface area contributed by atoms with Crippen molar-refractivity contribution in [3.8, 4) is 0 Å². The molecule has 0 spiro atoms. The minimum Gasteiger partial charge on any atom is -0.361 e. The van der Waals surface area contributed by atoms with Crippen molar-refractivity contribution in [2.45, 2.75) is 36.6 Å². The molecule has 1 aliphatic rings. The van der Waals surface area contributed by atoms with Gasteiger partial charge in [-0.25, -0.2) is 0 Å². The van der Waals surface area contributed by atoms with Gasteiger partial charge in [-0.2, -0.15) is 25.3 Å². The first-order chi connectivity index (χ1) is 19.7. The van der Waals surface area contributed by atoms with Gasteiger partial charge in [-0.3, -0.25) is 28.9 Å². The number of fused-ring (bicyclic) bond motifs is 2. The smallest absolute Gasteiger partial charge is 0.261 e. The molecule has 3 N–H and O–H groups in total. The number of imide groups is 1. The van der Waals surface area contributed by atoms with Gasteiger partial charge in [0, 0.05) is 49.9 Å². The lowest BCUT2D eigenvalue weighted by Gasteiger charge is -2.30. The number of nitrogens with zero attached hydrogens (tertiary/aromatic N) is 2. The van der Waals surface area contributed by atoms with Crippen LogP contribution in [0.4, 0.5) is 0 Å². The van der Waals surface area contributed by atoms with Gasteiger partial charge in [0.1, 0.15) is 12.1 Å². The number of benzene rings is 2. The van der Waals surface area contributed by atoms with Gasteiger partial charge in [-0.1, -0.05) is 30.3 Å². The summed E-state index contributed by atoms with van der Waals surface area (Å²) < 4.78 is 0. The zero-order valence-corrected chi connectivity index (χ0v) is 24.6. The zero-order valence-electron chi connectivity index (χ0n) is 22.8. The topological polar surface area (TPSA) is 132 Å². The number of hydrogen-bond donors (Lipinski definition) is 5. The molecular weight excluding hydrogens is 562 g/mol. The van der Waals surface area contributed by atoms with E-state index < -0.39 is 29.1 Å². The van der Waals surface area contributed by atoms with E-state index in [4.69, 9.17) is 0 Å². The Morgan fingerprint density at radius 1 is 1.00 bits per heavy atom. The van der Waals surface area contributed by atoms with E-state index in [9.17, 15) is 24.0 Å². The van der Waals surface area contributed by atoms with Crippen molar-refractivity contribution in [2.75, 3.05) is 26.4 Å². The molecule has 5 amide bonds. The second-order valence-electron chi connectivity index (χ2n) is 9.85. The van der Waals surface area contributed by atoms with Crippen molar-refractivity contribution in [1.29, 1.82) is 0 Å². The lowest BCUT2D eigenvalue weighted by molar-refractivity contribution is -0.141. The highest BCUT2D eigenvalue weighted by molar-refractivity contribution is 7.81. The van der Waals surface area contributed by atoms with Gasteiger partial charge >= 0.3 is 0 Å². The highest BCUT2D eigenvalue weighted by atomic mass is 32.1. The normalized spacial score (nSPS) is 14.9. The largest absolute Gasteiger partial charge is 0.361 e. The molecule has 0 radical (unpaired) electrons. The first-order valence-corrected chi connectivity index (χ1v) is 14.4. The number of thiol groups is 2. The molecule has 0 fully saturated rings. The Balaban J connectivity index is 1.34. The van der Waals surface area contributed by atoms with Crippen molar-refractivity contribution in [1.82, 2.24) is 25.4 Å². The number of aromatic nitrogens is 1. The van der Waals surface area contributed by atoms with Crippen LogP contribution in [0.3, 0.4) is 0 Å². The van der Waals surface area contributed by atoms with Gasteiger partial charge in [0.2, 0.25) is 17.7 Å². The summed E-state index contributed by atoms with van der Waals surface area (Å²) in [6.45, 7) is 0.149. The number of carbonyl (C=O) groups excluding carboxylic acids is 5. The highest BCUT2D eigenvalue weighted by Crippen LogP contribution is 2.23. The molecule has 12 heteroatoms. The number of likely N-dealkylation sites (N-methyl/N-ethyl adjacent to an activating group) is 2. The van der Waals surface area contributed by atoms with E-state index in [0.717, 1.165) is 16.5 Å². The Hall–Kier alpha value is -3.77. The van der Waals surface area contributed by atoms with Crippen LogP contribution in [0.1, 0.15) is 39.1 Å². The Bertz CT molecular complexity index is 1440. The molecule has 0 aliphatic carbocycles. The van der Waals surface area contributed by atoms with Gasteiger partial charge < -0.3 is 20.5 Å². The number of rotatable bonds is 12. The minimum atomic E-state index is -0.989. The number of aromatic amines is 1. The van der Waals surface area contributed by atoms with Crippen LogP contribution in [0.5, 0.6) is 0 Å². The summed E-state index contributed by atoms with van der Waals surface area (Å²) in [5.74, 6) is -1.98. The van der Waals surface area contributed by atoms with Crippen LogP contribution < -0.4 is 10.6 Å². The van der Waals surface area contributed by atoms with Crippen molar-refractivity contribution >= 4 is 65.7 Å². The van der Waals surface area contributed by atoms with E-state index in [-0.39, 0.29) is 42.9 Å². The molecule has 0 saturated carbocycles. The van der Waals surface area contributed by atoms with Crippen LogP contribution in [0.2, 0.25) is 0 Å². The maximum atomic E-state index is 13.4. The molecule has 1 aliphatic heterocycles. The predicted octanol–water partition coefficient (Wildman–Crippen LogP) is 2.07. The van der Waals surface area contributed by atoms with Crippen LogP contribution in [0, 0.1) is 0 Å². The highest BCUT2D eigenvalue weighted by Gasteiger charge is 2.35. The molecule has 0 unspecified atom stereocenters. The van der Waals surface area contributed by atoms with E-state index in [0.29, 0.717) is 17.5 Å². The van der Waals surface area contributed by atoms with Crippen molar-refractivity contribution in [3.05, 3.63) is 71.4 Å². The van der Waals surface area contributed by atoms with Crippen molar-refractivity contribution in [3.63, 3.8) is 0 Å². The third-order valence-electron chi connectivity index (χ3n) is 7.29. The third kappa shape index (κ3) is 6.43. The standard InChI is InChI=1S/C29H33N5O5S2/c1-30-25(35)23(14-17-15-31-21-11-6-5-8-18(17)21)33(2)29(39)22(16-40)32-26(36)24(41)12-7-13-34-27(37)19-9-3-4-10-20(19)28(34)38/h3-6,8-11,15,22-24,31,40-41H,7,12-14,16H2,1-2H3,(H,30,35)(H,32,36)/t22-,23+,24+/m1/s1. The van der Waals surface area contributed by atoms with E-state index in [1.807, 2.05) is 30.5 Å².